The van der Waals surface area contributed by atoms with Crippen molar-refractivity contribution in [3.8, 4) is 11.3 Å². The fourth-order valence-electron chi connectivity index (χ4n) is 3.06. The molecular formula is C22H19N3O2S. The van der Waals surface area contributed by atoms with Crippen molar-refractivity contribution in [2.75, 3.05) is 5.43 Å². The topological polar surface area (TPSA) is 67.5 Å². The molecule has 2 heterocycles. The first kappa shape index (κ1) is 18.1. The maximum atomic E-state index is 12.3. The Bertz CT molecular complexity index is 1250. The minimum Gasteiger partial charge on any atom is -0.422 e. The van der Waals surface area contributed by atoms with E-state index < -0.39 is 5.63 Å². The predicted octanol–water partition coefficient (Wildman–Crippen LogP) is 5.37. The number of nitrogens with one attached hydrogen (secondary N) is 1. The van der Waals surface area contributed by atoms with Crippen LogP contribution in [0.5, 0.6) is 0 Å². The van der Waals surface area contributed by atoms with E-state index in [1.54, 1.807) is 19.1 Å². The average molecular weight is 389 g/mol. The molecule has 28 heavy (non-hydrogen) atoms. The van der Waals surface area contributed by atoms with Crippen LogP contribution in [-0.4, -0.2) is 10.7 Å². The number of rotatable bonds is 4. The number of aryl methyl sites for hydroxylation is 2. The van der Waals surface area contributed by atoms with Crippen molar-refractivity contribution < 1.29 is 4.42 Å². The van der Waals surface area contributed by atoms with E-state index in [1.165, 1.54) is 22.5 Å². The lowest BCUT2D eigenvalue weighted by Crippen LogP contribution is -2.13. The fraction of sp³-hybridized carbons (Fsp3) is 0.136. The number of anilines is 1. The molecule has 0 saturated heterocycles. The number of thiazole rings is 1. The molecule has 0 aliphatic rings. The lowest BCUT2D eigenvalue weighted by atomic mass is 10.0. The Morgan fingerprint density at radius 3 is 2.79 bits per heavy atom. The molecule has 6 heteroatoms. The van der Waals surface area contributed by atoms with Crippen LogP contribution in [-0.2, 0) is 0 Å². The van der Waals surface area contributed by atoms with E-state index in [4.69, 9.17) is 4.42 Å². The molecule has 0 atom stereocenters. The number of fused-ring (bicyclic) bond motifs is 1. The summed E-state index contributed by atoms with van der Waals surface area (Å²) in [5.74, 6) is 0. The molecule has 0 bridgehead atoms. The van der Waals surface area contributed by atoms with Gasteiger partial charge in [-0.05, 0) is 38.5 Å². The van der Waals surface area contributed by atoms with Gasteiger partial charge in [0.2, 0.25) is 5.13 Å². The van der Waals surface area contributed by atoms with Gasteiger partial charge in [-0.15, -0.1) is 11.3 Å². The van der Waals surface area contributed by atoms with E-state index in [9.17, 15) is 4.79 Å². The normalized spacial score (nSPS) is 11.8. The number of hydrogen-bond donors (Lipinski definition) is 1. The third-order valence-electron chi connectivity index (χ3n) is 4.51. The zero-order valence-corrected chi connectivity index (χ0v) is 16.6. The van der Waals surface area contributed by atoms with Crippen LogP contribution in [0.25, 0.3) is 22.2 Å². The van der Waals surface area contributed by atoms with Gasteiger partial charge < -0.3 is 4.42 Å². The molecule has 5 nitrogen and oxygen atoms in total. The average Bonchev–Trinajstić information content (AvgIpc) is 3.14. The Morgan fingerprint density at radius 2 is 1.96 bits per heavy atom. The first-order chi connectivity index (χ1) is 13.5. The second kappa shape index (κ2) is 7.40. The quantitative estimate of drug-likeness (QED) is 0.289. The van der Waals surface area contributed by atoms with Crippen molar-refractivity contribution in [3.05, 3.63) is 81.0 Å². The van der Waals surface area contributed by atoms with Crippen molar-refractivity contribution in [1.82, 2.24) is 4.98 Å². The number of aromatic nitrogens is 1. The Hall–Kier alpha value is -3.25. The van der Waals surface area contributed by atoms with Gasteiger partial charge in [-0.2, -0.15) is 5.10 Å². The van der Waals surface area contributed by atoms with Crippen LogP contribution in [0, 0.1) is 13.8 Å². The molecule has 0 aliphatic heterocycles. The highest BCUT2D eigenvalue weighted by atomic mass is 32.1. The van der Waals surface area contributed by atoms with Crippen molar-refractivity contribution in [1.29, 1.82) is 0 Å². The molecule has 0 unspecified atom stereocenters. The molecule has 0 fully saturated rings. The van der Waals surface area contributed by atoms with E-state index in [-0.39, 0.29) is 0 Å². The molecule has 0 radical (unpaired) electrons. The summed E-state index contributed by atoms with van der Waals surface area (Å²) >= 11 is 1.47. The molecule has 140 valence electrons. The maximum absolute atomic E-state index is 12.3. The monoisotopic (exact) mass is 389 g/mol. The van der Waals surface area contributed by atoms with E-state index in [1.807, 2.05) is 23.6 Å². The third-order valence-corrected chi connectivity index (χ3v) is 5.26. The van der Waals surface area contributed by atoms with Crippen LogP contribution in [0.2, 0.25) is 0 Å². The van der Waals surface area contributed by atoms with Crippen molar-refractivity contribution in [2.45, 2.75) is 20.8 Å². The van der Waals surface area contributed by atoms with Gasteiger partial charge >= 0.3 is 5.63 Å². The van der Waals surface area contributed by atoms with Crippen LogP contribution in [0.3, 0.4) is 0 Å². The summed E-state index contributed by atoms with van der Waals surface area (Å²) in [5, 5.41) is 7.85. The van der Waals surface area contributed by atoms with Gasteiger partial charge in [0.05, 0.1) is 17.0 Å². The number of benzene rings is 2. The van der Waals surface area contributed by atoms with Gasteiger partial charge in [-0.1, -0.05) is 42.0 Å². The van der Waals surface area contributed by atoms with Crippen LogP contribution in [0.15, 0.2) is 68.2 Å². The first-order valence-corrected chi connectivity index (χ1v) is 9.76. The summed E-state index contributed by atoms with van der Waals surface area (Å²) in [5.41, 5.74) is 8.51. The minimum absolute atomic E-state index is 0.406. The van der Waals surface area contributed by atoms with Gasteiger partial charge in [0.1, 0.15) is 5.58 Å². The highest BCUT2D eigenvalue weighted by Gasteiger charge is 2.10. The molecule has 4 rings (SSSR count). The smallest absolute Gasteiger partial charge is 0.345 e. The SMILES string of the molecule is C/C(=N\Nc1nc(-c2ccc(C)cc2C)cs1)c1cc2ccccc2oc1=O. The van der Waals surface area contributed by atoms with Crippen molar-refractivity contribution in [2.24, 2.45) is 5.10 Å². The zero-order valence-electron chi connectivity index (χ0n) is 15.8. The Morgan fingerprint density at radius 1 is 1.14 bits per heavy atom. The molecular weight excluding hydrogens is 370 g/mol. The van der Waals surface area contributed by atoms with E-state index in [0.717, 1.165) is 16.6 Å². The van der Waals surface area contributed by atoms with Crippen LogP contribution < -0.4 is 11.1 Å². The van der Waals surface area contributed by atoms with Crippen LogP contribution >= 0.6 is 11.3 Å². The summed E-state index contributed by atoms with van der Waals surface area (Å²) in [6, 6.07) is 15.5. The molecule has 4 aromatic rings. The summed E-state index contributed by atoms with van der Waals surface area (Å²) in [6.45, 7) is 5.93. The van der Waals surface area contributed by atoms with Gasteiger partial charge in [-0.25, -0.2) is 9.78 Å². The molecule has 2 aromatic heterocycles. The largest absolute Gasteiger partial charge is 0.422 e. The first-order valence-electron chi connectivity index (χ1n) is 8.88. The van der Waals surface area contributed by atoms with Gasteiger partial charge in [0.15, 0.2) is 0 Å². The highest BCUT2D eigenvalue weighted by Crippen LogP contribution is 2.28. The third kappa shape index (κ3) is 3.59. The fourth-order valence-corrected chi connectivity index (χ4v) is 3.71. The van der Waals surface area contributed by atoms with E-state index in [2.05, 4.69) is 47.6 Å². The Kier molecular flexibility index (Phi) is 4.79. The van der Waals surface area contributed by atoms with Crippen LogP contribution in [0.1, 0.15) is 23.6 Å². The number of nitrogens with zero attached hydrogens (tertiary/aromatic N) is 2. The van der Waals surface area contributed by atoms with Gasteiger partial charge in [0.25, 0.3) is 0 Å². The number of hydrazone groups is 1. The zero-order chi connectivity index (χ0) is 19.7. The molecule has 0 aliphatic carbocycles. The van der Waals surface area contributed by atoms with Crippen molar-refractivity contribution in [3.63, 3.8) is 0 Å². The standard InChI is InChI=1S/C22H19N3O2S/c1-13-8-9-17(14(2)10-13)19-12-28-22(23-19)25-24-15(3)18-11-16-6-4-5-7-20(16)27-21(18)26/h4-12H,1-3H3,(H,23,25)/b24-15+. The molecule has 1 N–H and O–H groups in total. The van der Waals surface area contributed by atoms with Gasteiger partial charge in [0, 0.05) is 16.3 Å². The second-order valence-corrected chi connectivity index (χ2v) is 7.51. The molecule has 2 aromatic carbocycles. The van der Waals surface area contributed by atoms with E-state index in [0.29, 0.717) is 22.0 Å². The second-order valence-electron chi connectivity index (χ2n) is 6.65. The Balaban J connectivity index is 1.59. The molecule has 0 spiro atoms. The predicted molar refractivity (Wildman–Crippen MR) is 115 cm³/mol. The summed E-state index contributed by atoms with van der Waals surface area (Å²) in [4.78, 5) is 16.9. The van der Waals surface area contributed by atoms with E-state index >= 15 is 0 Å². The molecule has 0 amide bonds. The summed E-state index contributed by atoms with van der Waals surface area (Å²) in [6.07, 6.45) is 0. The lowest BCUT2D eigenvalue weighted by Gasteiger charge is -2.04. The molecule has 0 saturated carbocycles. The highest BCUT2D eigenvalue weighted by molar-refractivity contribution is 7.14. The lowest BCUT2D eigenvalue weighted by molar-refractivity contribution is 0.559. The Labute approximate surface area is 166 Å². The van der Waals surface area contributed by atoms with Crippen molar-refractivity contribution >= 4 is 33.1 Å². The maximum Gasteiger partial charge on any atom is 0.345 e. The minimum atomic E-state index is -0.406. The summed E-state index contributed by atoms with van der Waals surface area (Å²) in [7, 11) is 0. The van der Waals surface area contributed by atoms with Crippen LogP contribution in [0.4, 0.5) is 5.13 Å². The summed E-state index contributed by atoms with van der Waals surface area (Å²) < 4.78 is 5.37. The number of hydrogen-bond acceptors (Lipinski definition) is 6. The van der Waals surface area contributed by atoms with Gasteiger partial charge in [-0.3, -0.25) is 5.43 Å². The number of para-hydroxylation sites is 1.